The molecular formula is C52H52N2. The average molecular weight is 705 g/mol. The van der Waals surface area contributed by atoms with Gasteiger partial charge in [-0.1, -0.05) is 124 Å². The smallest absolute Gasteiger partial charge is 0.0540 e. The minimum atomic E-state index is -0.0968. The van der Waals surface area contributed by atoms with Crippen molar-refractivity contribution in [2.24, 2.45) is 0 Å². The predicted octanol–water partition coefficient (Wildman–Crippen LogP) is 15.4. The van der Waals surface area contributed by atoms with Gasteiger partial charge in [-0.25, -0.2) is 0 Å². The first-order valence-electron chi connectivity index (χ1n) is 19.4. The average Bonchev–Trinajstić information content (AvgIpc) is 3.13. The molecular weight excluding hydrogens is 653 g/mol. The first kappa shape index (κ1) is 35.4. The van der Waals surface area contributed by atoms with Gasteiger partial charge in [0.05, 0.1) is 11.4 Å². The maximum absolute atomic E-state index is 2.51. The highest BCUT2D eigenvalue weighted by atomic mass is 15.1. The third-order valence-electron chi connectivity index (χ3n) is 11.1. The van der Waals surface area contributed by atoms with E-state index in [0.717, 1.165) is 22.7 Å². The second kappa shape index (κ2) is 13.1. The van der Waals surface area contributed by atoms with Gasteiger partial charge in [-0.3, -0.25) is 0 Å². The van der Waals surface area contributed by atoms with E-state index in [-0.39, 0.29) is 10.8 Å². The van der Waals surface area contributed by atoms with Crippen LogP contribution in [0.2, 0.25) is 0 Å². The van der Waals surface area contributed by atoms with Gasteiger partial charge in [0.2, 0.25) is 0 Å². The minimum Gasteiger partial charge on any atom is -0.310 e. The fraction of sp³-hybridized carbons (Fsp3) is 0.231. The molecule has 8 rings (SSSR count). The molecule has 0 aliphatic carbocycles. The zero-order chi connectivity index (χ0) is 38.1. The summed E-state index contributed by atoms with van der Waals surface area (Å²) in [6, 6.07) is 50.4. The summed E-state index contributed by atoms with van der Waals surface area (Å²) in [6.07, 6.45) is 0. The van der Waals surface area contributed by atoms with Gasteiger partial charge in [0.25, 0.3) is 0 Å². The van der Waals surface area contributed by atoms with Crippen LogP contribution in [0.25, 0.3) is 32.3 Å². The van der Waals surface area contributed by atoms with Crippen molar-refractivity contribution in [1.82, 2.24) is 0 Å². The Morgan fingerprint density at radius 1 is 0.315 bits per heavy atom. The van der Waals surface area contributed by atoms with Crippen LogP contribution in [-0.2, 0) is 10.8 Å². The Kier molecular flexibility index (Phi) is 8.57. The number of benzene rings is 8. The Morgan fingerprint density at radius 2 is 0.574 bits per heavy atom. The van der Waals surface area contributed by atoms with E-state index in [4.69, 9.17) is 0 Å². The monoisotopic (exact) mass is 704 g/mol. The Balaban J connectivity index is 1.55. The van der Waals surface area contributed by atoms with Crippen LogP contribution in [0.4, 0.5) is 34.1 Å². The van der Waals surface area contributed by atoms with E-state index >= 15 is 0 Å². The maximum Gasteiger partial charge on any atom is 0.0540 e. The van der Waals surface area contributed by atoms with E-state index in [1.54, 1.807) is 0 Å². The van der Waals surface area contributed by atoms with Crippen molar-refractivity contribution in [1.29, 1.82) is 0 Å². The molecule has 0 aliphatic rings. The Hall–Kier alpha value is -5.60. The molecule has 0 aliphatic heterocycles. The molecule has 0 bridgehead atoms. The van der Waals surface area contributed by atoms with E-state index in [2.05, 4.69) is 212 Å². The van der Waals surface area contributed by atoms with Crippen LogP contribution in [0, 0.1) is 27.7 Å². The lowest BCUT2D eigenvalue weighted by Crippen LogP contribution is -2.17. The molecule has 0 amide bonds. The van der Waals surface area contributed by atoms with Gasteiger partial charge in [0.15, 0.2) is 0 Å². The Morgan fingerprint density at radius 3 is 0.815 bits per heavy atom. The van der Waals surface area contributed by atoms with Crippen molar-refractivity contribution in [2.45, 2.75) is 80.1 Å². The zero-order valence-corrected chi connectivity index (χ0v) is 33.6. The van der Waals surface area contributed by atoms with Crippen LogP contribution in [-0.4, -0.2) is 0 Å². The van der Waals surface area contributed by atoms with Crippen LogP contribution in [0.3, 0.4) is 0 Å². The van der Waals surface area contributed by atoms with Crippen molar-refractivity contribution in [3.8, 4) is 0 Å². The summed E-state index contributed by atoms with van der Waals surface area (Å²) in [5.41, 5.74) is 14.5. The van der Waals surface area contributed by atoms with Gasteiger partial charge in [0, 0.05) is 33.5 Å². The van der Waals surface area contributed by atoms with Crippen molar-refractivity contribution in [2.75, 3.05) is 9.80 Å². The van der Waals surface area contributed by atoms with E-state index in [1.165, 1.54) is 77.1 Å². The van der Waals surface area contributed by atoms with E-state index in [9.17, 15) is 0 Å². The van der Waals surface area contributed by atoms with Crippen molar-refractivity contribution in [3.63, 3.8) is 0 Å². The molecule has 270 valence electrons. The van der Waals surface area contributed by atoms with Gasteiger partial charge in [-0.15, -0.1) is 0 Å². The summed E-state index contributed by atoms with van der Waals surface area (Å²) in [6.45, 7) is 22.8. The highest BCUT2D eigenvalue weighted by Crippen LogP contribution is 2.52. The molecule has 0 aromatic heterocycles. The third-order valence-corrected chi connectivity index (χ3v) is 11.1. The van der Waals surface area contributed by atoms with Crippen LogP contribution >= 0.6 is 0 Å². The number of anilines is 6. The lowest BCUT2D eigenvalue weighted by atomic mass is 9.76. The maximum atomic E-state index is 2.51. The second-order valence-electron chi connectivity index (χ2n) is 17.5. The van der Waals surface area contributed by atoms with E-state index in [1.807, 2.05) is 0 Å². The highest BCUT2D eigenvalue weighted by molar-refractivity contribution is 6.30. The molecule has 0 spiro atoms. The molecule has 0 saturated heterocycles. The van der Waals surface area contributed by atoms with Gasteiger partial charge < -0.3 is 9.80 Å². The zero-order valence-electron chi connectivity index (χ0n) is 33.6. The summed E-state index contributed by atoms with van der Waals surface area (Å²) in [5.74, 6) is 0. The summed E-state index contributed by atoms with van der Waals surface area (Å²) in [7, 11) is 0. The fourth-order valence-electron chi connectivity index (χ4n) is 8.20. The quantitative estimate of drug-likeness (QED) is 0.159. The number of hydrogen-bond donors (Lipinski definition) is 0. The van der Waals surface area contributed by atoms with Gasteiger partial charge in [-0.2, -0.15) is 0 Å². The van der Waals surface area contributed by atoms with E-state index in [0.29, 0.717) is 0 Å². The number of nitrogens with zero attached hydrogens (tertiary/aromatic N) is 2. The first-order valence-corrected chi connectivity index (χ1v) is 19.4. The van der Waals surface area contributed by atoms with Crippen LogP contribution in [0.1, 0.15) is 74.9 Å². The second-order valence-corrected chi connectivity index (χ2v) is 17.5. The number of hydrogen-bond acceptors (Lipinski definition) is 2. The molecule has 0 saturated carbocycles. The van der Waals surface area contributed by atoms with Gasteiger partial charge >= 0.3 is 0 Å². The highest BCUT2D eigenvalue weighted by Gasteiger charge is 2.29. The lowest BCUT2D eigenvalue weighted by Gasteiger charge is -2.33. The molecule has 54 heavy (non-hydrogen) atoms. The van der Waals surface area contributed by atoms with E-state index < -0.39 is 0 Å². The lowest BCUT2D eigenvalue weighted by molar-refractivity contribution is 0.595. The first-order chi connectivity index (χ1) is 25.7. The van der Waals surface area contributed by atoms with Crippen molar-refractivity contribution >= 4 is 66.4 Å². The molecule has 0 atom stereocenters. The van der Waals surface area contributed by atoms with Gasteiger partial charge in [-0.05, 0) is 144 Å². The minimum absolute atomic E-state index is 0.0968. The standard InChI is InChI=1S/C52H52N2/c1-33-11-19-37(20-12-33)53(38-21-13-34(2)14-22-38)47-29-27-41-46(52(8,9)10)32-44-48(30-28-42-45(51(5,6)7)31-43(47)49(41)50(42)44)54(39-23-15-35(3)16-24-39)40-25-17-36(4)18-26-40/h11-32H,1-10H3. The molecule has 8 aromatic carbocycles. The molecule has 2 heteroatoms. The molecule has 0 radical (unpaired) electrons. The summed E-state index contributed by atoms with van der Waals surface area (Å²) < 4.78 is 0. The summed E-state index contributed by atoms with van der Waals surface area (Å²) >= 11 is 0. The van der Waals surface area contributed by atoms with Gasteiger partial charge in [0.1, 0.15) is 0 Å². The molecule has 0 unspecified atom stereocenters. The molecule has 0 N–H and O–H groups in total. The van der Waals surface area contributed by atoms with Crippen molar-refractivity contribution < 1.29 is 0 Å². The Labute approximate surface area is 322 Å². The number of rotatable bonds is 6. The van der Waals surface area contributed by atoms with Crippen LogP contribution < -0.4 is 9.80 Å². The van der Waals surface area contributed by atoms with Crippen LogP contribution in [0.15, 0.2) is 133 Å². The summed E-state index contributed by atoms with van der Waals surface area (Å²) in [5, 5.41) is 7.85. The fourth-order valence-corrected chi connectivity index (χ4v) is 8.20. The normalized spacial score (nSPS) is 12.3. The topological polar surface area (TPSA) is 6.48 Å². The molecule has 2 nitrogen and oxygen atoms in total. The molecule has 0 heterocycles. The molecule has 8 aromatic rings. The van der Waals surface area contributed by atoms with Crippen LogP contribution in [0.5, 0.6) is 0 Å². The third kappa shape index (κ3) is 6.18. The number of aryl methyl sites for hydroxylation is 4. The van der Waals surface area contributed by atoms with Crippen molar-refractivity contribution in [3.05, 3.63) is 167 Å². The predicted molar refractivity (Wildman–Crippen MR) is 236 cm³/mol. The summed E-state index contributed by atoms with van der Waals surface area (Å²) in [4.78, 5) is 4.92. The Bertz CT molecular complexity index is 2340. The molecule has 0 fully saturated rings. The SMILES string of the molecule is Cc1ccc(N(c2ccc(C)cc2)c2ccc3c(C(C)(C)C)cc4c(N(c5ccc(C)cc5)c5ccc(C)cc5)ccc5c(C(C)(C)C)cc2c3c45)cc1. The largest absolute Gasteiger partial charge is 0.310 e.